The molecule has 0 spiro atoms. The minimum absolute atomic E-state index is 0.566. The van der Waals surface area contributed by atoms with Gasteiger partial charge in [0.2, 0.25) is 0 Å². The van der Waals surface area contributed by atoms with Gasteiger partial charge in [-0.3, -0.25) is 0 Å². The average molecular weight is 188 g/mol. The fourth-order valence-electron chi connectivity index (χ4n) is 1.30. The van der Waals surface area contributed by atoms with Gasteiger partial charge in [-0.25, -0.2) is 4.98 Å². The first kappa shape index (κ1) is 8.81. The van der Waals surface area contributed by atoms with E-state index in [9.17, 15) is 0 Å². The van der Waals surface area contributed by atoms with E-state index in [1.807, 2.05) is 18.2 Å². The summed E-state index contributed by atoms with van der Waals surface area (Å²) in [5.41, 5.74) is 1.23. The molecular formula is C11H12N2O. The average Bonchev–Trinajstić information content (AvgIpc) is 2.67. The van der Waals surface area contributed by atoms with E-state index in [0.717, 1.165) is 12.2 Å². The molecule has 1 heterocycles. The third kappa shape index (κ3) is 1.93. The molecule has 2 aromatic rings. The van der Waals surface area contributed by atoms with Crippen molar-refractivity contribution in [3.63, 3.8) is 0 Å². The molecule has 0 atom stereocenters. The molecule has 0 fully saturated rings. The molecule has 1 N–H and O–H groups in total. The summed E-state index contributed by atoms with van der Waals surface area (Å²) in [5.74, 6) is 0.876. The zero-order valence-electron chi connectivity index (χ0n) is 8.03. The van der Waals surface area contributed by atoms with Crippen molar-refractivity contribution in [3.8, 4) is 0 Å². The molecular weight excluding hydrogens is 176 g/mol. The maximum absolute atomic E-state index is 5.41. The predicted molar refractivity (Wildman–Crippen MR) is 55.3 cm³/mol. The molecule has 1 aromatic carbocycles. The van der Waals surface area contributed by atoms with Crippen molar-refractivity contribution in [2.75, 3.05) is 12.4 Å². The number of benzene rings is 1. The van der Waals surface area contributed by atoms with Crippen LogP contribution < -0.4 is 5.32 Å². The number of hydrogen-bond acceptors (Lipinski definition) is 3. The van der Waals surface area contributed by atoms with Crippen molar-refractivity contribution in [2.45, 2.75) is 6.42 Å². The van der Waals surface area contributed by atoms with Crippen LogP contribution in [-0.4, -0.2) is 12.0 Å². The summed E-state index contributed by atoms with van der Waals surface area (Å²) in [7, 11) is 1.79. The molecule has 3 nitrogen and oxygen atoms in total. The van der Waals surface area contributed by atoms with Crippen LogP contribution in [0.2, 0.25) is 0 Å². The van der Waals surface area contributed by atoms with Gasteiger partial charge in [0.05, 0.1) is 6.20 Å². The molecule has 1 aromatic heterocycles. The third-order valence-electron chi connectivity index (χ3n) is 1.99. The minimum Gasteiger partial charge on any atom is -0.428 e. The lowest BCUT2D eigenvalue weighted by Gasteiger charge is -1.96. The summed E-state index contributed by atoms with van der Waals surface area (Å²) in [6.45, 7) is 0. The topological polar surface area (TPSA) is 38.1 Å². The van der Waals surface area contributed by atoms with Gasteiger partial charge in [-0.2, -0.15) is 0 Å². The summed E-state index contributed by atoms with van der Waals surface area (Å²) in [4.78, 5) is 4.05. The Morgan fingerprint density at radius 1 is 1.29 bits per heavy atom. The minimum atomic E-state index is 0.566. The fourth-order valence-corrected chi connectivity index (χ4v) is 1.30. The standard InChI is InChI=1S/C11H12N2O/c1-12-11-13-8-10(14-11)7-9-5-3-2-4-6-9/h2-6,8H,7H2,1H3,(H,12,13). The van der Waals surface area contributed by atoms with E-state index >= 15 is 0 Å². The predicted octanol–water partition coefficient (Wildman–Crippen LogP) is 2.31. The van der Waals surface area contributed by atoms with Gasteiger partial charge in [-0.05, 0) is 5.56 Å². The molecule has 0 aliphatic rings. The highest BCUT2D eigenvalue weighted by atomic mass is 16.4. The van der Waals surface area contributed by atoms with Crippen LogP contribution in [0.25, 0.3) is 0 Å². The highest BCUT2D eigenvalue weighted by Crippen LogP contribution is 2.12. The second kappa shape index (κ2) is 3.96. The summed E-state index contributed by atoms with van der Waals surface area (Å²) in [6.07, 6.45) is 2.54. The summed E-state index contributed by atoms with van der Waals surface area (Å²) >= 11 is 0. The van der Waals surface area contributed by atoms with Gasteiger partial charge in [-0.1, -0.05) is 30.3 Å². The van der Waals surface area contributed by atoms with Crippen LogP contribution in [0.1, 0.15) is 11.3 Å². The van der Waals surface area contributed by atoms with Crippen molar-refractivity contribution in [2.24, 2.45) is 0 Å². The van der Waals surface area contributed by atoms with Crippen LogP contribution >= 0.6 is 0 Å². The Hall–Kier alpha value is -1.77. The largest absolute Gasteiger partial charge is 0.428 e. The highest BCUT2D eigenvalue weighted by molar-refractivity contribution is 5.23. The number of hydrogen-bond donors (Lipinski definition) is 1. The molecule has 14 heavy (non-hydrogen) atoms. The molecule has 0 radical (unpaired) electrons. The maximum atomic E-state index is 5.41. The van der Waals surface area contributed by atoms with Gasteiger partial charge >= 0.3 is 0 Å². The van der Waals surface area contributed by atoms with Gasteiger partial charge in [0.25, 0.3) is 6.01 Å². The fraction of sp³-hybridized carbons (Fsp3) is 0.182. The Morgan fingerprint density at radius 2 is 2.07 bits per heavy atom. The Balaban J connectivity index is 2.11. The summed E-state index contributed by atoms with van der Waals surface area (Å²) in [5, 5.41) is 2.86. The van der Waals surface area contributed by atoms with Crippen LogP contribution in [0, 0.1) is 0 Å². The molecule has 0 aliphatic heterocycles. The van der Waals surface area contributed by atoms with Crippen LogP contribution in [0.4, 0.5) is 6.01 Å². The van der Waals surface area contributed by atoms with Crippen molar-refractivity contribution in [1.82, 2.24) is 4.98 Å². The zero-order chi connectivity index (χ0) is 9.80. The first-order valence-corrected chi connectivity index (χ1v) is 4.55. The molecule has 0 saturated carbocycles. The highest BCUT2D eigenvalue weighted by Gasteiger charge is 2.02. The molecule has 0 unspecified atom stereocenters. The van der Waals surface area contributed by atoms with Crippen LogP contribution in [0.3, 0.4) is 0 Å². The SMILES string of the molecule is CNc1ncc(Cc2ccccc2)o1. The van der Waals surface area contributed by atoms with E-state index < -0.39 is 0 Å². The van der Waals surface area contributed by atoms with E-state index in [0.29, 0.717) is 6.01 Å². The van der Waals surface area contributed by atoms with E-state index in [1.54, 1.807) is 13.2 Å². The molecule has 0 amide bonds. The van der Waals surface area contributed by atoms with E-state index in [1.165, 1.54) is 5.56 Å². The molecule has 0 bridgehead atoms. The Labute approximate surface area is 82.8 Å². The molecule has 2 rings (SSSR count). The third-order valence-corrected chi connectivity index (χ3v) is 1.99. The number of nitrogens with one attached hydrogen (secondary N) is 1. The van der Waals surface area contributed by atoms with Gasteiger partial charge < -0.3 is 9.73 Å². The van der Waals surface area contributed by atoms with Crippen molar-refractivity contribution >= 4 is 6.01 Å². The number of nitrogens with zero attached hydrogens (tertiary/aromatic N) is 1. The number of oxazole rings is 1. The lowest BCUT2D eigenvalue weighted by Crippen LogP contribution is -1.86. The molecule has 0 aliphatic carbocycles. The lowest BCUT2D eigenvalue weighted by atomic mass is 10.1. The quantitative estimate of drug-likeness (QED) is 0.803. The Morgan fingerprint density at radius 3 is 2.71 bits per heavy atom. The second-order valence-corrected chi connectivity index (χ2v) is 3.04. The smallest absolute Gasteiger partial charge is 0.294 e. The summed E-state index contributed by atoms with van der Waals surface area (Å²) < 4.78 is 5.41. The first-order valence-electron chi connectivity index (χ1n) is 4.55. The Kier molecular flexibility index (Phi) is 2.49. The van der Waals surface area contributed by atoms with E-state index in [2.05, 4.69) is 22.4 Å². The van der Waals surface area contributed by atoms with E-state index in [-0.39, 0.29) is 0 Å². The molecule has 72 valence electrons. The van der Waals surface area contributed by atoms with Gasteiger partial charge in [-0.15, -0.1) is 0 Å². The zero-order valence-corrected chi connectivity index (χ0v) is 8.03. The second-order valence-electron chi connectivity index (χ2n) is 3.04. The summed E-state index contributed by atoms with van der Waals surface area (Å²) in [6, 6.07) is 10.7. The van der Waals surface area contributed by atoms with Crippen LogP contribution in [0.15, 0.2) is 40.9 Å². The van der Waals surface area contributed by atoms with Crippen molar-refractivity contribution < 1.29 is 4.42 Å². The van der Waals surface area contributed by atoms with Crippen LogP contribution in [0.5, 0.6) is 0 Å². The van der Waals surface area contributed by atoms with E-state index in [4.69, 9.17) is 4.42 Å². The number of anilines is 1. The van der Waals surface area contributed by atoms with Crippen molar-refractivity contribution in [1.29, 1.82) is 0 Å². The maximum Gasteiger partial charge on any atom is 0.294 e. The van der Waals surface area contributed by atoms with Gasteiger partial charge in [0.15, 0.2) is 0 Å². The monoisotopic (exact) mass is 188 g/mol. The number of aromatic nitrogens is 1. The first-order chi connectivity index (χ1) is 6.88. The number of rotatable bonds is 3. The normalized spacial score (nSPS) is 10.1. The molecule has 3 heteroatoms. The van der Waals surface area contributed by atoms with Crippen LogP contribution in [-0.2, 0) is 6.42 Å². The Bertz CT molecular complexity index is 395. The lowest BCUT2D eigenvalue weighted by molar-refractivity contribution is 0.530. The van der Waals surface area contributed by atoms with Gasteiger partial charge in [0.1, 0.15) is 5.76 Å². The van der Waals surface area contributed by atoms with Gasteiger partial charge in [0, 0.05) is 13.5 Å². The molecule has 0 saturated heterocycles. The van der Waals surface area contributed by atoms with Crippen molar-refractivity contribution in [3.05, 3.63) is 47.9 Å².